The fraction of sp³-hybridized carbons (Fsp3) is 0.0400. The minimum atomic E-state index is 0.640. The summed E-state index contributed by atoms with van der Waals surface area (Å²) in [5.41, 5.74) is 5.31. The number of aromatic nitrogens is 1. The number of anilines is 1. The molecule has 134 valence electrons. The predicted octanol–water partition coefficient (Wildman–Crippen LogP) is 5.99. The van der Waals surface area contributed by atoms with Crippen molar-refractivity contribution in [2.75, 3.05) is 11.9 Å². The van der Waals surface area contributed by atoms with E-state index in [4.69, 9.17) is 0 Å². The standard InChI is InChI=1S/C25H19N3/c1-28(18-26)25-17-22(21-10-6-3-7-11-21)23-16-20(14-15-24(23)27-25)13-12-19-8-4-2-5-9-19/h2-17H,1H3/b13-12+. The minimum Gasteiger partial charge on any atom is -0.266 e. The van der Waals surface area contributed by atoms with E-state index in [2.05, 4.69) is 59.7 Å². The highest BCUT2D eigenvalue weighted by Gasteiger charge is 2.11. The summed E-state index contributed by atoms with van der Waals surface area (Å²) in [4.78, 5) is 6.15. The molecule has 0 aliphatic heterocycles. The molecule has 0 unspecified atom stereocenters. The van der Waals surface area contributed by atoms with E-state index in [0.717, 1.165) is 33.2 Å². The molecule has 3 nitrogen and oxygen atoms in total. The summed E-state index contributed by atoms with van der Waals surface area (Å²) < 4.78 is 0. The average molecular weight is 361 g/mol. The van der Waals surface area contributed by atoms with Gasteiger partial charge in [-0.1, -0.05) is 78.9 Å². The van der Waals surface area contributed by atoms with Gasteiger partial charge in [0, 0.05) is 12.4 Å². The Hall–Kier alpha value is -3.90. The van der Waals surface area contributed by atoms with Crippen LogP contribution in [-0.4, -0.2) is 12.0 Å². The second-order valence-corrected chi connectivity index (χ2v) is 6.57. The van der Waals surface area contributed by atoms with E-state index in [1.807, 2.05) is 48.5 Å². The van der Waals surface area contributed by atoms with Gasteiger partial charge in [-0.15, -0.1) is 0 Å². The second kappa shape index (κ2) is 7.77. The van der Waals surface area contributed by atoms with Gasteiger partial charge in [0.1, 0.15) is 5.82 Å². The zero-order chi connectivity index (χ0) is 19.3. The second-order valence-electron chi connectivity index (χ2n) is 6.57. The molecule has 3 heteroatoms. The molecule has 1 aromatic heterocycles. The monoisotopic (exact) mass is 361 g/mol. The van der Waals surface area contributed by atoms with E-state index in [1.165, 1.54) is 4.90 Å². The Kier molecular flexibility index (Phi) is 4.86. The summed E-state index contributed by atoms with van der Waals surface area (Å²) in [6, 6.07) is 28.7. The summed E-state index contributed by atoms with van der Waals surface area (Å²) in [6.07, 6.45) is 6.35. The van der Waals surface area contributed by atoms with Crippen molar-refractivity contribution in [2.24, 2.45) is 0 Å². The lowest BCUT2D eigenvalue weighted by molar-refractivity contribution is 1.15. The summed E-state index contributed by atoms with van der Waals surface area (Å²) >= 11 is 0. The number of pyridine rings is 1. The number of nitriles is 1. The van der Waals surface area contributed by atoms with Gasteiger partial charge in [0.25, 0.3) is 0 Å². The summed E-state index contributed by atoms with van der Waals surface area (Å²) in [5.74, 6) is 0.640. The van der Waals surface area contributed by atoms with Crippen LogP contribution in [0.25, 0.3) is 34.2 Å². The van der Waals surface area contributed by atoms with Crippen molar-refractivity contribution >= 4 is 28.9 Å². The van der Waals surface area contributed by atoms with Crippen LogP contribution in [0.1, 0.15) is 11.1 Å². The molecule has 1 heterocycles. The van der Waals surface area contributed by atoms with Gasteiger partial charge in [-0.25, -0.2) is 4.98 Å². The molecular formula is C25H19N3. The molecule has 0 bridgehead atoms. The van der Waals surface area contributed by atoms with Gasteiger partial charge < -0.3 is 0 Å². The van der Waals surface area contributed by atoms with E-state index >= 15 is 0 Å². The average Bonchev–Trinajstić information content (AvgIpc) is 2.77. The van der Waals surface area contributed by atoms with Crippen molar-refractivity contribution in [1.82, 2.24) is 4.98 Å². The van der Waals surface area contributed by atoms with Gasteiger partial charge in [0.2, 0.25) is 0 Å². The summed E-state index contributed by atoms with van der Waals surface area (Å²) in [7, 11) is 1.72. The number of rotatable bonds is 4. The van der Waals surface area contributed by atoms with Gasteiger partial charge in [-0.3, -0.25) is 4.90 Å². The maximum atomic E-state index is 9.27. The molecule has 0 saturated carbocycles. The highest BCUT2D eigenvalue weighted by molar-refractivity contribution is 5.97. The van der Waals surface area contributed by atoms with E-state index in [9.17, 15) is 5.26 Å². The van der Waals surface area contributed by atoms with Crippen molar-refractivity contribution in [3.8, 4) is 17.3 Å². The van der Waals surface area contributed by atoms with E-state index in [1.54, 1.807) is 7.05 Å². The molecular weight excluding hydrogens is 342 g/mol. The minimum absolute atomic E-state index is 0.640. The molecule has 4 rings (SSSR count). The molecule has 0 saturated heterocycles. The normalized spacial score (nSPS) is 10.9. The zero-order valence-electron chi connectivity index (χ0n) is 15.6. The first-order chi connectivity index (χ1) is 13.7. The first-order valence-corrected chi connectivity index (χ1v) is 9.11. The van der Waals surface area contributed by atoms with E-state index in [-0.39, 0.29) is 0 Å². The van der Waals surface area contributed by atoms with Gasteiger partial charge in [0.05, 0.1) is 5.52 Å². The number of fused-ring (bicyclic) bond motifs is 1. The quantitative estimate of drug-likeness (QED) is 0.255. The maximum absolute atomic E-state index is 9.27. The van der Waals surface area contributed by atoms with Crippen LogP contribution in [0.4, 0.5) is 5.82 Å². The molecule has 0 aliphatic carbocycles. The number of nitrogens with zero attached hydrogens (tertiary/aromatic N) is 3. The van der Waals surface area contributed by atoms with Crippen LogP contribution in [0.5, 0.6) is 0 Å². The summed E-state index contributed by atoms with van der Waals surface area (Å²) in [5, 5.41) is 10.3. The number of hydrogen-bond donors (Lipinski definition) is 0. The molecule has 0 spiro atoms. The third-order valence-corrected chi connectivity index (χ3v) is 4.67. The topological polar surface area (TPSA) is 39.9 Å². The number of hydrogen-bond acceptors (Lipinski definition) is 3. The van der Waals surface area contributed by atoms with Crippen LogP contribution in [0.2, 0.25) is 0 Å². The van der Waals surface area contributed by atoms with E-state index in [0.29, 0.717) is 5.82 Å². The van der Waals surface area contributed by atoms with Crippen LogP contribution in [0, 0.1) is 11.5 Å². The van der Waals surface area contributed by atoms with Crippen LogP contribution < -0.4 is 4.90 Å². The smallest absolute Gasteiger partial charge is 0.185 e. The van der Waals surface area contributed by atoms with Crippen molar-refractivity contribution < 1.29 is 0 Å². The Bertz CT molecular complexity index is 1170. The maximum Gasteiger partial charge on any atom is 0.185 e. The lowest BCUT2D eigenvalue weighted by atomic mass is 9.99. The fourth-order valence-corrected chi connectivity index (χ4v) is 3.17. The highest BCUT2D eigenvalue weighted by atomic mass is 15.1. The largest absolute Gasteiger partial charge is 0.266 e. The first kappa shape index (κ1) is 17.5. The molecule has 0 atom stereocenters. The van der Waals surface area contributed by atoms with Gasteiger partial charge in [0.15, 0.2) is 6.19 Å². The Morgan fingerprint density at radius 3 is 2.21 bits per heavy atom. The van der Waals surface area contributed by atoms with Crippen LogP contribution in [-0.2, 0) is 0 Å². The molecule has 3 aromatic carbocycles. The third-order valence-electron chi connectivity index (χ3n) is 4.67. The lowest BCUT2D eigenvalue weighted by Gasteiger charge is -2.14. The van der Waals surface area contributed by atoms with Crippen LogP contribution in [0.3, 0.4) is 0 Å². The highest BCUT2D eigenvalue weighted by Crippen LogP contribution is 2.32. The molecule has 28 heavy (non-hydrogen) atoms. The Morgan fingerprint density at radius 1 is 0.821 bits per heavy atom. The Labute approximate surface area is 164 Å². The zero-order valence-corrected chi connectivity index (χ0v) is 15.6. The number of benzene rings is 3. The molecule has 0 fully saturated rings. The molecule has 0 radical (unpaired) electrons. The van der Waals surface area contributed by atoms with Crippen molar-refractivity contribution in [1.29, 1.82) is 5.26 Å². The van der Waals surface area contributed by atoms with Gasteiger partial charge >= 0.3 is 0 Å². The molecule has 0 amide bonds. The lowest BCUT2D eigenvalue weighted by Crippen LogP contribution is -2.10. The van der Waals surface area contributed by atoms with Crippen molar-refractivity contribution in [3.05, 3.63) is 96.1 Å². The SMILES string of the molecule is CN(C#N)c1cc(-c2ccccc2)c2cc(/C=C/c3ccccc3)ccc2n1. The van der Waals surface area contributed by atoms with Crippen LogP contribution >= 0.6 is 0 Å². The van der Waals surface area contributed by atoms with E-state index < -0.39 is 0 Å². The molecule has 0 N–H and O–H groups in total. The molecule has 0 aliphatic rings. The first-order valence-electron chi connectivity index (χ1n) is 9.11. The fourth-order valence-electron chi connectivity index (χ4n) is 3.17. The van der Waals surface area contributed by atoms with Gasteiger partial charge in [-0.2, -0.15) is 5.26 Å². The predicted molar refractivity (Wildman–Crippen MR) is 117 cm³/mol. The van der Waals surface area contributed by atoms with Gasteiger partial charge in [-0.05, 0) is 40.5 Å². The Balaban J connectivity index is 1.85. The van der Waals surface area contributed by atoms with Crippen LogP contribution in [0.15, 0.2) is 84.9 Å². The Morgan fingerprint density at radius 2 is 1.50 bits per heavy atom. The summed E-state index contributed by atoms with van der Waals surface area (Å²) in [6.45, 7) is 0. The van der Waals surface area contributed by atoms with Crippen molar-refractivity contribution in [2.45, 2.75) is 0 Å². The van der Waals surface area contributed by atoms with Crippen molar-refractivity contribution in [3.63, 3.8) is 0 Å². The molecule has 4 aromatic rings. The third kappa shape index (κ3) is 3.62.